The molecule has 170 valence electrons. The SMILES string of the molecule is O=C(NSc1cccc(F)n1)c1ccc(N2C=CC(OCC3(C(F)(F)F)CC3)N2)nc1Cl. The first-order chi connectivity index (χ1) is 15.2. The van der Waals surface area contributed by atoms with Crippen molar-refractivity contribution in [3.8, 4) is 0 Å². The van der Waals surface area contributed by atoms with E-state index in [1.807, 2.05) is 0 Å². The fraction of sp³-hybridized carbons (Fsp3) is 0.316. The maximum Gasteiger partial charge on any atom is 0.396 e. The van der Waals surface area contributed by atoms with Gasteiger partial charge < -0.3 is 4.74 Å². The fourth-order valence-electron chi connectivity index (χ4n) is 2.86. The highest BCUT2D eigenvalue weighted by molar-refractivity contribution is 7.97. The van der Waals surface area contributed by atoms with Crippen molar-refractivity contribution in [1.82, 2.24) is 20.1 Å². The Kier molecular flexibility index (Phi) is 6.30. The molecule has 2 aliphatic rings. The van der Waals surface area contributed by atoms with E-state index in [-0.39, 0.29) is 28.6 Å². The third kappa shape index (κ3) is 4.98. The van der Waals surface area contributed by atoms with Gasteiger partial charge in [0.15, 0.2) is 0 Å². The quantitative estimate of drug-likeness (QED) is 0.342. The van der Waals surface area contributed by atoms with Crippen LogP contribution in [0.1, 0.15) is 23.2 Å². The van der Waals surface area contributed by atoms with E-state index in [1.54, 1.807) is 12.3 Å². The van der Waals surface area contributed by atoms with Crippen LogP contribution >= 0.6 is 23.5 Å². The lowest BCUT2D eigenvalue weighted by Crippen LogP contribution is -2.40. The highest BCUT2D eigenvalue weighted by atomic mass is 35.5. The molecule has 1 atom stereocenters. The molecule has 1 saturated carbocycles. The van der Waals surface area contributed by atoms with Crippen LogP contribution in [0, 0.1) is 11.4 Å². The van der Waals surface area contributed by atoms with Gasteiger partial charge in [-0.25, -0.2) is 9.97 Å². The first-order valence-electron chi connectivity index (χ1n) is 9.35. The number of hydrazine groups is 1. The van der Waals surface area contributed by atoms with Crippen LogP contribution in [0.5, 0.6) is 0 Å². The highest BCUT2D eigenvalue weighted by Gasteiger charge is 2.63. The zero-order valence-corrected chi connectivity index (χ0v) is 17.8. The van der Waals surface area contributed by atoms with E-state index in [4.69, 9.17) is 16.3 Å². The summed E-state index contributed by atoms with van der Waals surface area (Å²) in [5.74, 6) is -0.920. The first kappa shape index (κ1) is 22.8. The van der Waals surface area contributed by atoms with Crippen molar-refractivity contribution in [2.75, 3.05) is 11.6 Å². The number of carbonyl (C=O) groups excluding carboxylic acids is 1. The van der Waals surface area contributed by atoms with Gasteiger partial charge in [0.05, 0.1) is 17.6 Å². The van der Waals surface area contributed by atoms with Crippen LogP contribution < -0.4 is 15.2 Å². The van der Waals surface area contributed by atoms with Crippen LogP contribution in [-0.2, 0) is 4.74 Å². The molecule has 2 N–H and O–H groups in total. The molecule has 1 amide bonds. The Morgan fingerprint density at radius 3 is 2.75 bits per heavy atom. The van der Waals surface area contributed by atoms with Crippen molar-refractivity contribution in [2.24, 2.45) is 5.41 Å². The molecule has 2 aromatic rings. The van der Waals surface area contributed by atoms with Crippen LogP contribution in [-0.4, -0.2) is 34.9 Å². The number of anilines is 1. The number of rotatable bonds is 7. The van der Waals surface area contributed by atoms with E-state index in [9.17, 15) is 22.4 Å². The minimum atomic E-state index is -4.29. The van der Waals surface area contributed by atoms with Gasteiger partial charge in [0, 0.05) is 18.1 Å². The predicted octanol–water partition coefficient (Wildman–Crippen LogP) is 4.23. The fourth-order valence-corrected chi connectivity index (χ4v) is 3.68. The number of nitrogens with zero attached hydrogens (tertiary/aromatic N) is 3. The monoisotopic (exact) mass is 489 g/mol. The summed E-state index contributed by atoms with van der Waals surface area (Å²) in [5, 5.41) is 1.59. The Morgan fingerprint density at radius 1 is 1.31 bits per heavy atom. The molecule has 7 nitrogen and oxygen atoms in total. The molecule has 1 aliphatic carbocycles. The molecule has 13 heteroatoms. The Balaban J connectivity index is 1.32. The second-order valence-corrected chi connectivity index (χ2v) is 8.37. The zero-order chi connectivity index (χ0) is 22.9. The minimum Gasteiger partial charge on any atom is -0.357 e. The molecule has 0 spiro atoms. The largest absolute Gasteiger partial charge is 0.396 e. The van der Waals surface area contributed by atoms with Crippen molar-refractivity contribution >= 4 is 35.3 Å². The van der Waals surface area contributed by atoms with E-state index in [2.05, 4.69) is 20.1 Å². The maximum absolute atomic E-state index is 13.1. The van der Waals surface area contributed by atoms with E-state index in [0.29, 0.717) is 5.82 Å². The second-order valence-electron chi connectivity index (χ2n) is 7.19. The number of amides is 1. The normalized spacial score (nSPS) is 19.3. The molecule has 0 saturated heterocycles. The van der Waals surface area contributed by atoms with Gasteiger partial charge in [-0.15, -0.1) is 0 Å². The van der Waals surface area contributed by atoms with Gasteiger partial charge in [-0.1, -0.05) is 17.7 Å². The van der Waals surface area contributed by atoms with Gasteiger partial charge in [-0.05, 0) is 43.2 Å². The molecule has 1 unspecified atom stereocenters. The number of hydrogen-bond donors (Lipinski definition) is 2. The topological polar surface area (TPSA) is 79.4 Å². The second kappa shape index (κ2) is 8.85. The number of halogens is 5. The summed E-state index contributed by atoms with van der Waals surface area (Å²) in [4.78, 5) is 20.1. The summed E-state index contributed by atoms with van der Waals surface area (Å²) < 4.78 is 60.0. The predicted molar refractivity (Wildman–Crippen MR) is 109 cm³/mol. The van der Waals surface area contributed by atoms with Gasteiger partial charge >= 0.3 is 6.18 Å². The summed E-state index contributed by atoms with van der Waals surface area (Å²) >= 11 is 6.96. The van der Waals surface area contributed by atoms with Crippen LogP contribution in [0.2, 0.25) is 5.15 Å². The molecule has 0 radical (unpaired) electrons. The van der Waals surface area contributed by atoms with Crippen molar-refractivity contribution < 1.29 is 27.1 Å². The van der Waals surface area contributed by atoms with Crippen molar-refractivity contribution in [1.29, 1.82) is 0 Å². The standard InChI is InChI=1S/C19H16ClF4N5O2S/c20-16-11(17(30)28-32-15-3-1-2-12(21)25-15)4-5-13(26-16)29-9-6-14(27-29)31-10-18(7-8-18)19(22,23)24/h1-6,9,14,27H,7-8,10H2,(H,28,30). The number of pyridine rings is 2. The van der Waals surface area contributed by atoms with Gasteiger partial charge in [0.2, 0.25) is 5.95 Å². The smallest absolute Gasteiger partial charge is 0.357 e. The molecule has 1 aliphatic heterocycles. The number of aromatic nitrogens is 2. The number of alkyl halides is 3. The molecular formula is C19H16ClF4N5O2S. The van der Waals surface area contributed by atoms with Gasteiger partial charge in [0.25, 0.3) is 5.91 Å². The Labute approximate surface area is 189 Å². The average Bonchev–Trinajstić information content (AvgIpc) is 3.41. The lowest BCUT2D eigenvalue weighted by atomic mass is 10.1. The number of hydrogen-bond acceptors (Lipinski definition) is 7. The van der Waals surface area contributed by atoms with E-state index < -0.39 is 36.3 Å². The lowest BCUT2D eigenvalue weighted by molar-refractivity contribution is -0.204. The maximum atomic E-state index is 13.1. The minimum absolute atomic E-state index is 0.0604. The van der Waals surface area contributed by atoms with Gasteiger partial charge in [0.1, 0.15) is 22.2 Å². The zero-order valence-electron chi connectivity index (χ0n) is 16.2. The van der Waals surface area contributed by atoms with Gasteiger partial charge in [-0.2, -0.15) is 23.0 Å². The Hall–Kier alpha value is -2.41. The lowest BCUT2D eigenvalue weighted by Gasteiger charge is -2.23. The Morgan fingerprint density at radius 2 is 2.09 bits per heavy atom. The van der Waals surface area contributed by atoms with Crippen LogP contribution in [0.4, 0.5) is 23.4 Å². The molecule has 32 heavy (non-hydrogen) atoms. The van der Waals surface area contributed by atoms with Crippen molar-refractivity contribution in [3.05, 3.63) is 59.3 Å². The van der Waals surface area contributed by atoms with Crippen molar-refractivity contribution in [3.63, 3.8) is 0 Å². The molecule has 0 bridgehead atoms. The van der Waals surface area contributed by atoms with E-state index in [0.717, 1.165) is 11.9 Å². The third-order valence-electron chi connectivity index (χ3n) is 4.93. The van der Waals surface area contributed by atoms with Crippen LogP contribution in [0.3, 0.4) is 0 Å². The summed E-state index contributed by atoms with van der Waals surface area (Å²) in [7, 11) is 0. The first-order valence-corrected chi connectivity index (χ1v) is 10.5. The van der Waals surface area contributed by atoms with Crippen molar-refractivity contribution in [2.45, 2.75) is 30.3 Å². The van der Waals surface area contributed by atoms with Crippen LogP contribution in [0.25, 0.3) is 0 Å². The molecule has 4 rings (SSSR count). The molecular weight excluding hydrogens is 474 g/mol. The molecule has 3 heterocycles. The number of nitrogens with one attached hydrogen (secondary N) is 2. The summed E-state index contributed by atoms with van der Waals surface area (Å²) in [6.07, 6.45) is -1.83. The van der Waals surface area contributed by atoms with Crippen LogP contribution in [0.15, 0.2) is 47.6 Å². The third-order valence-corrected chi connectivity index (χ3v) is 5.95. The van der Waals surface area contributed by atoms with E-state index >= 15 is 0 Å². The van der Waals surface area contributed by atoms with Gasteiger partial charge in [-0.3, -0.25) is 14.5 Å². The Bertz CT molecular complexity index is 1050. The molecule has 1 fully saturated rings. The molecule has 2 aromatic heterocycles. The molecule has 0 aromatic carbocycles. The summed E-state index contributed by atoms with van der Waals surface area (Å²) in [6, 6.07) is 7.11. The summed E-state index contributed by atoms with van der Waals surface area (Å²) in [5.41, 5.74) is 1.17. The number of ether oxygens (including phenoxy) is 1. The average molecular weight is 490 g/mol. The highest BCUT2D eigenvalue weighted by Crippen LogP contribution is 2.57. The van der Waals surface area contributed by atoms with E-state index in [1.165, 1.54) is 35.3 Å². The summed E-state index contributed by atoms with van der Waals surface area (Å²) in [6.45, 7) is -0.433. The number of carbonyl (C=O) groups is 1.